The maximum absolute atomic E-state index is 12.3. The van der Waals surface area contributed by atoms with E-state index in [9.17, 15) is 18.3 Å². The number of carbonyl (C=O) groups is 1. The fourth-order valence-corrected chi connectivity index (χ4v) is 4.10. The Balaban J connectivity index is 1.86. The predicted molar refractivity (Wildman–Crippen MR) is 86.4 cm³/mol. The summed E-state index contributed by atoms with van der Waals surface area (Å²) in [5, 5.41) is 9.48. The Hall–Kier alpha value is -0.700. The maximum atomic E-state index is 12.3. The molecule has 0 bridgehead atoms. The van der Waals surface area contributed by atoms with Crippen LogP contribution in [0.5, 0.6) is 0 Å². The first kappa shape index (κ1) is 18.6. The smallest absolute Gasteiger partial charge is 0.225 e. The van der Waals surface area contributed by atoms with Gasteiger partial charge in [-0.15, -0.1) is 0 Å². The zero-order chi connectivity index (χ0) is 16.9. The largest absolute Gasteiger partial charge is 0.394 e. The SMILES string of the molecule is CCS(=O)(=O)N[C@@H]1CC[C@@H](CC(=O)N2CCCCC2)O[C@@H]1CO. The summed E-state index contributed by atoms with van der Waals surface area (Å²) in [5.74, 6) is 0.0948. The van der Waals surface area contributed by atoms with Crippen LogP contribution in [0.25, 0.3) is 0 Å². The van der Waals surface area contributed by atoms with Crippen LogP contribution >= 0.6 is 0 Å². The van der Waals surface area contributed by atoms with Crippen molar-refractivity contribution in [1.29, 1.82) is 0 Å². The molecule has 0 radical (unpaired) electrons. The molecule has 2 aliphatic rings. The van der Waals surface area contributed by atoms with Crippen molar-refractivity contribution in [3.63, 3.8) is 0 Å². The molecule has 0 aromatic carbocycles. The van der Waals surface area contributed by atoms with Gasteiger partial charge in [0, 0.05) is 13.1 Å². The van der Waals surface area contributed by atoms with E-state index < -0.39 is 22.2 Å². The van der Waals surface area contributed by atoms with Gasteiger partial charge in [0.2, 0.25) is 15.9 Å². The number of aliphatic hydroxyl groups excluding tert-OH is 1. The van der Waals surface area contributed by atoms with Gasteiger partial charge in [-0.1, -0.05) is 0 Å². The maximum Gasteiger partial charge on any atom is 0.225 e. The van der Waals surface area contributed by atoms with Crippen LogP contribution in [0.1, 0.15) is 45.4 Å². The molecule has 8 heteroatoms. The van der Waals surface area contributed by atoms with E-state index in [-0.39, 0.29) is 24.4 Å². The molecule has 0 aromatic heterocycles. The lowest BCUT2D eigenvalue weighted by Gasteiger charge is -2.36. The second-order valence-electron chi connectivity index (χ2n) is 6.33. The molecule has 7 nitrogen and oxygen atoms in total. The van der Waals surface area contributed by atoms with E-state index in [4.69, 9.17) is 4.74 Å². The third-order valence-corrected chi connectivity index (χ3v) is 6.04. The first-order valence-corrected chi connectivity index (χ1v) is 10.1. The quantitative estimate of drug-likeness (QED) is 0.717. The fourth-order valence-electron chi connectivity index (χ4n) is 3.20. The molecule has 2 aliphatic heterocycles. The van der Waals surface area contributed by atoms with E-state index in [1.54, 1.807) is 6.92 Å². The highest BCUT2D eigenvalue weighted by Gasteiger charge is 2.34. The van der Waals surface area contributed by atoms with Gasteiger partial charge in [0.1, 0.15) is 0 Å². The van der Waals surface area contributed by atoms with Gasteiger partial charge in [-0.25, -0.2) is 13.1 Å². The van der Waals surface area contributed by atoms with E-state index in [0.717, 1.165) is 25.9 Å². The van der Waals surface area contributed by atoms with E-state index in [1.807, 2.05) is 4.90 Å². The van der Waals surface area contributed by atoms with Gasteiger partial charge in [-0.2, -0.15) is 0 Å². The van der Waals surface area contributed by atoms with Gasteiger partial charge in [0.25, 0.3) is 0 Å². The minimum absolute atomic E-state index is 0.00147. The van der Waals surface area contributed by atoms with E-state index in [0.29, 0.717) is 19.3 Å². The lowest BCUT2D eigenvalue weighted by atomic mass is 9.97. The molecule has 1 amide bonds. The summed E-state index contributed by atoms with van der Waals surface area (Å²) >= 11 is 0. The van der Waals surface area contributed by atoms with Crippen molar-refractivity contribution in [2.24, 2.45) is 0 Å². The molecule has 134 valence electrons. The average Bonchev–Trinajstić information content (AvgIpc) is 2.56. The van der Waals surface area contributed by atoms with Crippen molar-refractivity contribution in [2.45, 2.75) is 63.7 Å². The molecule has 2 fully saturated rings. The summed E-state index contributed by atoms with van der Waals surface area (Å²) < 4.78 is 31.7. The number of amides is 1. The topological polar surface area (TPSA) is 95.9 Å². The second-order valence-corrected chi connectivity index (χ2v) is 8.37. The predicted octanol–water partition coefficient (Wildman–Crippen LogP) is 0.237. The first-order chi connectivity index (χ1) is 10.9. The van der Waals surface area contributed by atoms with Gasteiger partial charge < -0.3 is 14.7 Å². The van der Waals surface area contributed by atoms with Gasteiger partial charge in [0.15, 0.2) is 0 Å². The standard InChI is InChI=1S/C15H28N2O5S/c1-2-23(20,21)16-13-7-6-12(22-14(13)11-18)10-15(19)17-8-4-3-5-9-17/h12-14,16,18H,2-11H2,1H3/t12-,13+,14+/m0/s1. The lowest BCUT2D eigenvalue weighted by molar-refractivity contribution is -0.140. The number of hydrogen-bond donors (Lipinski definition) is 2. The summed E-state index contributed by atoms with van der Waals surface area (Å²) in [6, 6.07) is -0.425. The molecule has 0 unspecified atom stereocenters. The molecule has 2 rings (SSSR count). The molecular weight excluding hydrogens is 320 g/mol. The summed E-state index contributed by atoms with van der Waals surface area (Å²) in [6.07, 6.45) is 3.94. The van der Waals surface area contributed by atoms with Crippen molar-refractivity contribution in [2.75, 3.05) is 25.4 Å². The number of likely N-dealkylation sites (tertiary alicyclic amines) is 1. The Labute approximate surface area is 138 Å². The van der Waals surface area contributed by atoms with Crippen LogP contribution in [0.3, 0.4) is 0 Å². The van der Waals surface area contributed by atoms with Crippen molar-refractivity contribution in [3.8, 4) is 0 Å². The number of rotatable bonds is 6. The number of sulfonamides is 1. The van der Waals surface area contributed by atoms with Gasteiger partial charge in [-0.3, -0.25) is 4.79 Å². The molecule has 3 atom stereocenters. The highest BCUT2D eigenvalue weighted by molar-refractivity contribution is 7.89. The number of hydrogen-bond acceptors (Lipinski definition) is 5. The molecule has 0 aromatic rings. The minimum Gasteiger partial charge on any atom is -0.394 e. The average molecular weight is 348 g/mol. The summed E-state index contributed by atoms with van der Waals surface area (Å²) in [5.41, 5.74) is 0. The normalized spacial score (nSPS) is 29.5. The molecule has 23 heavy (non-hydrogen) atoms. The minimum atomic E-state index is -3.34. The Morgan fingerprint density at radius 2 is 1.96 bits per heavy atom. The summed E-state index contributed by atoms with van der Waals surface area (Å²) in [6.45, 7) is 2.94. The van der Waals surface area contributed by atoms with Gasteiger partial charge >= 0.3 is 0 Å². The number of piperidine rings is 1. The van der Waals surface area contributed by atoms with Crippen molar-refractivity contribution in [3.05, 3.63) is 0 Å². The van der Waals surface area contributed by atoms with Crippen molar-refractivity contribution >= 4 is 15.9 Å². The lowest BCUT2D eigenvalue weighted by Crippen LogP contribution is -2.52. The highest BCUT2D eigenvalue weighted by Crippen LogP contribution is 2.23. The van der Waals surface area contributed by atoms with Gasteiger partial charge in [-0.05, 0) is 39.0 Å². The number of ether oxygens (including phenoxy) is 1. The number of carbonyl (C=O) groups excluding carboxylic acids is 1. The molecule has 2 N–H and O–H groups in total. The van der Waals surface area contributed by atoms with Crippen LogP contribution in [0.4, 0.5) is 0 Å². The number of nitrogens with zero attached hydrogens (tertiary/aromatic N) is 1. The van der Waals surface area contributed by atoms with Crippen LogP contribution in [0.15, 0.2) is 0 Å². The van der Waals surface area contributed by atoms with Crippen LogP contribution in [-0.2, 0) is 19.6 Å². The number of nitrogens with one attached hydrogen (secondary N) is 1. The summed E-state index contributed by atoms with van der Waals surface area (Å²) in [7, 11) is -3.34. The molecule has 2 saturated heterocycles. The van der Waals surface area contributed by atoms with Crippen molar-refractivity contribution in [1.82, 2.24) is 9.62 Å². The monoisotopic (exact) mass is 348 g/mol. The highest BCUT2D eigenvalue weighted by atomic mass is 32.2. The zero-order valence-electron chi connectivity index (χ0n) is 13.7. The Morgan fingerprint density at radius 3 is 2.57 bits per heavy atom. The number of aliphatic hydroxyl groups is 1. The van der Waals surface area contributed by atoms with Crippen LogP contribution in [-0.4, -0.2) is 68.0 Å². The molecule has 2 heterocycles. The molecule has 0 aliphatic carbocycles. The Bertz CT molecular complexity index is 490. The van der Waals surface area contributed by atoms with Crippen LogP contribution < -0.4 is 4.72 Å². The molecule has 0 spiro atoms. The zero-order valence-corrected chi connectivity index (χ0v) is 14.6. The fraction of sp³-hybridized carbons (Fsp3) is 0.933. The van der Waals surface area contributed by atoms with Crippen LogP contribution in [0.2, 0.25) is 0 Å². The Morgan fingerprint density at radius 1 is 1.26 bits per heavy atom. The molecular formula is C15H28N2O5S. The van der Waals surface area contributed by atoms with Crippen LogP contribution in [0, 0.1) is 0 Å². The third kappa shape index (κ3) is 5.41. The van der Waals surface area contributed by atoms with E-state index >= 15 is 0 Å². The first-order valence-electron chi connectivity index (χ1n) is 8.49. The van der Waals surface area contributed by atoms with E-state index in [2.05, 4.69) is 4.72 Å². The second kappa shape index (κ2) is 8.41. The Kier molecular flexibility index (Phi) is 6.82. The van der Waals surface area contributed by atoms with E-state index in [1.165, 1.54) is 6.42 Å². The molecule has 0 saturated carbocycles. The van der Waals surface area contributed by atoms with Crippen molar-refractivity contribution < 1.29 is 23.1 Å². The third-order valence-electron chi connectivity index (χ3n) is 4.62. The van der Waals surface area contributed by atoms with Gasteiger partial charge in [0.05, 0.1) is 37.0 Å². The summed E-state index contributed by atoms with van der Waals surface area (Å²) in [4.78, 5) is 14.2.